The maximum Gasteiger partial charge on any atom is 0.0582 e. The second kappa shape index (κ2) is 4.49. The normalized spacial score (nSPS) is 13.3. The van der Waals surface area contributed by atoms with Crippen molar-refractivity contribution in [1.29, 1.82) is 0 Å². The van der Waals surface area contributed by atoms with E-state index in [1.807, 2.05) is 13.0 Å². The highest BCUT2D eigenvalue weighted by molar-refractivity contribution is 7.09. The molecule has 1 aromatic rings. The summed E-state index contributed by atoms with van der Waals surface area (Å²) in [6.07, 6.45) is 0. The number of hydrogen-bond donors (Lipinski definition) is 2. The third-order valence-electron chi connectivity index (χ3n) is 1.48. The van der Waals surface area contributed by atoms with Gasteiger partial charge in [-0.3, -0.25) is 0 Å². The molecule has 0 saturated heterocycles. The zero-order chi connectivity index (χ0) is 8.10. The molecule has 0 aliphatic carbocycles. The minimum atomic E-state index is 0.192. The number of aliphatic hydroxyl groups is 1. The lowest BCUT2D eigenvalue weighted by Gasteiger charge is -2.08. The summed E-state index contributed by atoms with van der Waals surface area (Å²) in [5.74, 6) is 0. The molecule has 2 nitrogen and oxygen atoms in total. The van der Waals surface area contributed by atoms with E-state index < -0.39 is 0 Å². The van der Waals surface area contributed by atoms with Gasteiger partial charge in [-0.1, -0.05) is 6.07 Å². The summed E-state index contributed by atoms with van der Waals surface area (Å²) < 4.78 is 0. The van der Waals surface area contributed by atoms with Crippen molar-refractivity contribution in [2.24, 2.45) is 0 Å². The van der Waals surface area contributed by atoms with E-state index in [-0.39, 0.29) is 12.6 Å². The molecule has 3 heteroatoms. The van der Waals surface area contributed by atoms with Gasteiger partial charge in [0, 0.05) is 17.5 Å². The molecule has 1 rings (SSSR count). The van der Waals surface area contributed by atoms with Crippen molar-refractivity contribution < 1.29 is 5.11 Å². The summed E-state index contributed by atoms with van der Waals surface area (Å²) in [5.41, 5.74) is 0. The van der Waals surface area contributed by atoms with E-state index in [2.05, 4.69) is 16.8 Å². The van der Waals surface area contributed by atoms with E-state index in [4.69, 9.17) is 5.11 Å². The van der Waals surface area contributed by atoms with Gasteiger partial charge in [-0.2, -0.15) is 0 Å². The van der Waals surface area contributed by atoms with Gasteiger partial charge in [0.2, 0.25) is 0 Å². The monoisotopic (exact) mass is 171 g/mol. The third-order valence-corrected chi connectivity index (χ3v) is 2.36. The Balaban J connectivity index is 2.23. The largest absolute Gasteiger partial charge is 0.395 e. The van der Waals surface area contributed by atoms with Crippen molar-refractivity contribution in [3.63, 3.8) is 0 Å². The van der Waals surface area contributed by atoms with Gasteiger partial charge in [0.15, 0.2) is 0 Å². The number of hydrogen-bond acceptors (Lipinski definition) is 3. The van der Waals surface area contributed by atoms with Crippen LogP contribution in [0.4, 0.5) is 0 Å². The molecule has 0 unspecified atom stereocenters. The molecule has 62 valence electrons. The van der Waals surface area contributed by atoms with Crippen LogP contribution in [0, 0.1) is 0 Å². The van der Waals surface area contributed by atoms with Crippen molar-refractivity contribution in [3.8, 4) is 0 Å². The predicted octanol–water partition coefficient (Wildman–Crippen LogP) is 1.22. The van der Waals surface area contributed by atoms with E-state index in [1.165, 1.54) is 4.88 Å². The van der Waals surface area contributed by atoms with E-state index in [1.54, 1.807) is 11.3 Å². The summed E-state index contributed by atoms with van der Waals surface area (Å²) in [5, 5.41) is 14.0. The van der Waals surface area contributed by atoms with Gasteiger partial charge in [0.1, 0.15) is 0 Å². The molecule has 1 aromatic heterocycles. The van der Waals surface area contributed by atoms with E-state index in [0.29, 0.717) is 0 Å². The van der Waals surface area contributed by atoms with E-state index in [9.17, 15) is 0 Å². The highest BCUT2D eigenvalue weighted by Crippen LogP contribution is 2.07. The van der Waals surface area contributed by atoms with Gasteiger partial charge >= 0.3 is 0 Å². The van der Waals surface area contributed by atoms with Crippen LogP contribution in [0.3, 0.4) is 0 Å². The highest BCUT2D eigenvalue weighted by atomic mass is 32.1. The Morgan fingerprint density at radius 3 is 3.09 bits per heavy atom. The van der Waals surface area contributed by atoms with Gasteiger partial charge in [-0.15, -0.1) is 11.3 Å². The van der Waals surface area contributed by atoms with Crippen molar-refractivity contribution in [2.75, 3.05) is 6.61 Å². The van der Waals surface area contributed by atoms with Gasteiger partial charge < -0.3 is 10.4 Å². The number of nitrogens with one attached hydrogen (secondary N) is 1. The Hall–Kier alpha value is -0.380. The Morgan fingerprint density at radius 2 is 2.55 bits per heavy atom. The van der Waals surface area contributed by atoms with Crippen LogP contribution in [0.2, 0.25) is 0 Å². The molecule has 1 atom stereocenters. The van der Waals surface area contributed by atoms with Crippen LogP contribution in [0.5, 0.6) is 0 Å². The molecular formula is C8H13NOS. The smallest absolute Gasteiger partial charge is 0.0582 e. The molecule has 0 radical (unpaired) electrons. The van der Waals surface area contributed by atoms with E-state index in [0.717, 1.165) is 6.54 Å². The lowest BCUT2D eigenvalue weighted by molar-refractivity contribution is 0.251. The van der Waals surface area contributed by atoms with Crippen LogP contribution in [0.1, 0.15) is 11.8 Å². The summed E-state index contributed by atoms with van der Waals surface area (Å²) in [6.45, 7) is 3.03. The molecule has 11 heavy (non-hydrogen) atoms. The first-order valence-corrected chi connectivity index (χ1v) is 4.57. The molecule has 0 aliphatic heterocycles. The Morgan fingerprint density at radius 1 is 1.73 bits per heavy atom. The SMILES string of the molecule is C[C@@H](CO)NCc1cccs1. The standard InChI is InChI=1S/C8H13NOS/c1-7(6-10)9-5-8-3-2-4-11-8/h2-4,7,9-10H,5-6H2,1H3/t7-/m0/s1. The van der Waals surface area contributed by atoms with Crippen molar-refractivity contribution in [3.05, 3.63) is 22.4 Å². The molecule has 0 aliphatic rings. The summed E-state index contributed by atoms with van der Waals surface area (Å²) >= 11 is 1.73. The van der Waals surface area contributed by atoms with Crippen LogP contribution >= 0.6 is 11.3 Å². The van der Waals surface area contributed by atoms with E-state index >= 15 is 0 Å². The predicted molar refractivity (Wildman–Crippen MR) is 47.7 cm³/mol. The molecule has 0 spiro atoms. The zero-order valence-corrected chi connectivity index (χ0v) is 7.40. The van der Waals surface area contributed by atoms with Crippen molar-refractivity contribution in [1.82, 2.24) is 5.32 Å². The Kier molecular flexibility index (Phi) is 3.56. The maximum absolute atomic E-state index is 8.70. The molecule has 0 fully saturated rings. The van der Waals surface area contributed by atoms with Crippen molar-refractivity contribution >= 4 is 11.3 Å². The average molecular weight is 171 g/mol. The van der Waals surface area contributed by atoms with Gasteiger partial charge in [0.05, 0.1) is 6.61 Å². The highest BCUT2D eigenvalue weighted by Gasteiger charge is 1.98. The topological polar surface area (TPSA) is 32.3 Å². The van der Waals surface area contributed by atoms with Crippen molar-refractivity contribution in [2.45, 2.75) is 19.5 Å². The fraction of sp³-hybridized carbons (Fsp3) is 0.500. The Bertz CT molecular complexity index is 186. The average Bonchev–Trinajstić information content (AvgIpc) is 2.52. The zero-order valence-electron chi connectivity index (χ0n) is 6.58. The fourth-order valence-corrected chi connectivity index (χ4v) is 1.41. The van der Waals surface area contributed by atoms with Gasteiger partial charge in [0.25, 0.3) is 0 Å². The molecule has 0 saturated carbocycles. The number of rotatable bonds is 4. The minimum absolute atomic E-state index is 0.192. The van der Waals surface area contributed by atoms with Crippen LogP contribution in [-0.4, -0.2) is 17.8 Å². The summed E-state index contributed by atoms with van der Waals surface area (Å²) in [4.78, 5) is 1.31. The van der Waals surface area contributed by atoms with Gasteiger partial charge in [-0.25, -0.2) is 0 Å². The lowest BCUT2D eigenvalue weighted by atomic mass is 10.3. The number of thiophene rings is 1. The first-order valence-electron chi connectivity index (χ1n) is 3.69. The second-order valence-electron chi connectivity index (χ2n) is 2.54. The molecule has 0 bridgehead atoms. The van der Waals surface area contributed by atoms with Gasteiger partial charge in [-0.05, 0) is 18.4 Å². The van der Waals surface area contributed by atoms with Crippen LogP contribution in [0.15, 0.2) is 17.5 Å². The maximum atomic E-state index is 8.70. The summed E-state index contributed by atoms with van der Waals surface area (Å²) in [7, 11) is 0. The fourth-order valence-electron chi connectivity index (χ4n) is 0.753. The molecule has 2 N–H and O–H groups in total. The quantitative estimate of drug-likeness (QED) is 0.714. The molecule has 0 amide bonds. The number of aliphatic hydroxyl groups excluding tert-OH is 1. The molecular weight excluding hydrogens is 158 g/mol. The Labute approximate surface area is 70.9 Å². The molecule has 0 aromatic carbocycles. The molecule has 1 heterocycles. The second-order valence-corrected chi connectivity index (χ2v) is 3.58. The first-order chi connectivity index (χ1) is 5.33. The van der Waals surface area contributed by atoms with Crippen LogP contribution in [0.25, 0.3) is 0 Å². The summed E-state index contributed by atoms with van der Waals surface area (Å²) in [6, 6.07) is 4.31. The van der Waals surface area contributed by atoms with Crippen LogP contribution < -0.4 is 5.32 Å². The lowest BCUT2D eigenvalue weighted by Crippen LogP contribution is -2.28. The third kappa shape index (κ3) is 3.01. The van der Waals surface area contributed by atoms with Crippen LogP contribution in [-0.2, 0) is 6.54 Å². The minimum Gasteiger partial charge on any atom is -0.395 e. The first kappa shape index (κ1) is 8.71.